The van der Waals surface area contributed by atoms with E-state index in [0.717, 1.165) is 17.4 Å². The lowest BCUT2D eigenvalue weighted by molar-refractivity contribution is -0.870. The fourth-order valence-corrected chi connectivity index (χ4v) is 1.53. The lowest BCUT2D eigenvalue weighted by Crippen LogP contribution is -3.00. The summed E-state index contributed by atoms with van der Waals surface area (Å²) < 4.78 is 0.882. The van der Waals surface area contributed by atoms with Crippen molar-refractivity contribution in [3.05, 3.63) is 29.6 Å². The monoisotopic (exact) mass is 392 g/mol. The van der Waals surface area contributed by atoms with Crippen LogP contribution < -0.4 is 29.3 Å². The van der Waals surface area contributed by atoms with E-state index in [9.17, 15) is 4.79 Å². The van der Waals surface area contributed by atoms with Crippen molar-refractivity contribution < 1.29 is 38.5 Å². The van der Waals surface area contributed by atoms with Gasteiger partial charge in [-0.3, -0.25) is 9.78 Å². The second-order valence-corrected chi connectivity index (χ2v) is 5.34. The standard InChI is InChI=1S/C13H20N4O2.HI/c1-17(2,3)8-4-7-14-13(18)11-5-6-12(10-16-19)15-9-11;/h5-6,9-10H,4,7-8H2,1-3H3,(H-,14,15,18,19);1H. The first kappa shape index (κ1) is 18.8. The van der Waals surface area contributed by atoms with Crippen molar-refractivity contribution in [2.45, 2.75) is 6.42 Å². The zero-order valence-corrected chi connectivity index (χ0v) is 14.2. The summed E-state index contributed by atoms with van der Waals surface area (Å²) in [7, 11) is 6.35. The Hall–Kier alpha value is -1.22. The van der Waals surface area contributed by atoms with Crippen LogP contribution >= 0.6 is 0 Å². The molecule has 0 aliphatic carbocycles. The Morgan fingerprint density at radius 2 is 2.15 bits per heavy atom. The number of nitrogens with one attached hydrogen (secondary N) is 1. The van der Waals surface area contributed by atoms with Gasteiger partial charge in [0.25, 0.3) is 5.91 Å². The first-order chi connectivity index (χ1) is 8.92. The van der Waals surface area contributed by atoms with Crippen molar-refractivity contribution in [1.82, 2.24) is 10.3 Å². The Kier molecular flexibility index (Phi) is 8.31. The second kappa shape index (κ2) is 8.85. The van der Waals surface area contributed by atoms with Gasteiger partial charge in [0, 0.05) is 19.2 Å². The van der Waals surface area contributed by atoms with Crippen LogP contribution in [0.3, 0.4) is 0 Å². The van der Waals surface area contributed by atoms with E-state index in [1.54, 1.807) is 12.1 Å². The number of quaternary nitrogens is 1. The first-order valence-electron chi connectivity index (χ1n) is 6.14. The molecule has 1 rings (SSSR count). The minimum Gasteiger partial charge on any atom is -1.00 e. The Bertz CT molecular complexity index is 441. The molecule has 0 radical (unpaired) electrons. The Balaban J connectivity index is 0.00000361. The molecule has 6 nitrogen and oxygen atoms in total. The number of carbonyl (C=O) groups is 1. The highest BCUT2D eigenvalue weighted by molar-refractivity contribution is 5.94. The van der Waals surface area contributed by atoms with E-state index in [-0.39, 0.29) is 29.9 Å². The van der Waals surface area contributed by atoms with E-state index >= 15 is 0 Å². The summed E-state index contributed by atoms with van der Waals surface area (Å²) in [6.45, 7) is 1.65. The van der Waals surface area contributed by atoms with Crippen molar-refractivity contribution >= 4 is 12.1 Å². The molecular formula is C13H21IN4O2. The zero-order valence-electron chi connectivity index (χ0n) is 12.0. The van der Waals surface area contributed by atoms with Crippen LogP contribution in [0.5, 0.6) is 0 Å². The van der Waals surface area contributed by atoms with E-state index in [2.05, 4.69) is 36.6 Å². The van der Waals surface area contributed by atoms with E-state index in [1.165, 1.54) is 12.4 Å². The van der Waals surface area contributed by atoms with Crippen LogP contribution in [0.2, 0.25) is 0 Å². The average molecular weight is 392 g/mol. The number of rotatable bonds is 6. The number of aromatic nitrogens is 1. The molecule has 0 bridgehead atoms. The lowest BCUT2D eigenvalue weighted by Gasteiger charge is -2.23. The molecule has 112 valence electrons. The van der Waals surface area contributed by atoms with Crippen LogP contribution in [0.25, 0.3) is 0 Å². The molecule has 1 aromatic heterocycles. The van der Waals surface area contributed by atoms with Gasteiger partial charge in [-0.05, 0) is 12.1 Å². The summed E-state index contributed by atoms with van der Waals surface area (Å²) in [6.07, 6.45) is 3.60. The number of hydrogen-bond acceptors (Lipinski definition) is 4. The predicted molar refractivity (Wildman–Crippen MR) is 73.5 cm³/mol. The number of oxime groups is 1. The maximum Gasteiger partial charge on any atom is 0.252 e. The van der Waals surface area contributed by atoms with Gasteiger partial charge in [0.15, 0.2) is 0 Å². The number of hydrogen-bond donors (Lipinski definition) is 2. The van der Waals surface area contributed by atoms with Crippen LogP contribution in [0, 0.1) is 0 Å². The Morgan fingerprint density at radius 3 is 2.65 bits per heavy atom. The molecule has 0 spiro atoms. The molecule has 1 amide bonds. The smallest absolute Gasteiger partial charge is 0.252 e. The van der Waals surface area contributed by atoms with Gasteiger partial charge in [0.05, 0.1) is 45.2 Å². The molecule has 7 heteroatoms. The fraction of sp³-hybridized carbons (Fsp3) is 0.462. The largest absolute Gasteiger partial charge is 1.00 e. The summed E-state index contributed by atoms with van der Waals surface area (Å²) in [5, 5.41) is 14.1. The van der Waals surface area contributed by atoms with E-state index < -0.39 is 0 Å². The molecule has 0 unspecified atom stereocenters. The van der Waals surface area contributed by atoms with Gasteiger partial charge >= 0.3 is 0 Å². The third kappa shape index (κ3) is 7.39. The minimum atomic E-state index is -0.138. The van der Waals surface area contributed by atoms with E-state index in [4.69, 9.17) is 5.21 Å². The van der Waals surface area contributed by atoms with Crippen molar-refractivity contribution in [3.63, 3.8) is 0 Å². The quantitative estimate of drug-likeness (QED) is 0.143. The highest BCUT2D eigenvalue weighted by Crippen LogP contribution is 1.99. The van der Waals surface area contributed by atoms with Crippen LogP contribution in [0.4, 0.5) is 0 Å². The first-order valence-corrected chi connectivity index (χ1v) is 6.14. The van der Waals surface area contributed by atoms with Crippen LogP contribution in [-0.2, 0) is 0 Å². The zero-order chi connectivity index (χ0) is 14.3. The topological polar surface area (TPSA) is 74.6 Å². The van der Waals surface area contributed by atoms with E-state index in [0.29, 0.717) is 17.8 Å². The molecule has 0 aromatic carbocycles. The summed E-state index contributed by atoms with van der Waals surface area (Å²) in [6, 6.07) is 3.28. The highest BCUT2D eigenvalue weighted by Gasteiger charge is 2.08. The van der Waals surface area contributed by atoms with Crippen molar-refractivity contribution in [1.29, 1.82) is 0 Å². The Morgan fingerprint density at radius 1 is 1.45 bits per heavy atom. The van der Waals surface area contributed by atoms with Crippen molar-refractivity contribution in [2.75, 3.05) is 34.2 Å². The number of pyridine rings is 1. The van der Waals surface area contributed by atoms with Gasteiger partial charge in [-0.15, -0.1) is 0 Å². The molecule has 0 atom stereocenters. The number of carbonyl (C=O) groups excluding carboxylic acids is 1. The molecular weight excluding hydrogens is 371 g/mol. The molecule has 2 N–H and O–H groups in total. The van der Waals surface area contributed by atoms with Crippen molar-refractivity contribution in [3.8, 4) is 0 Å². The predicted octanol–water partition coefficient (Wildman–Crippen LogP) is -2.28. The molecule has 0 saturated carbocycles. The lowest BCUT2D eigenvalue weighted by atomic mass is 10.2. The maximum absolute atomic E-state index is 11.8. The van der Waals surface area contributed by atoms with Crippen molar-refractivity contribution in [2.24, 2.45) is 5.16 Å². The van der Waals surface area contributed by atoms with Crippen LogP contribution in [0.1, 0.15) is 22.5 Å². The second-order valence-electron chi connectivity index (χ2n) is 5.34. The minimum absolute atomic E-state index is 0. The Labute approximate surface area is 136 Å². The van der Waals surface area contributed by atoms with Crippen LogP contribution in [-0.4, -0.2) is 61.0 Å². The molecule has 20 heavy (non-hydrogen) atoms. The SMILES string of the molecule is C[N+](C)(C)CCCNC(=O)c1ccc(/C=N/O)nc1.[I-]. The van der Waals surface area contributed by atoms with Gasteiger partial charge in [-0.1, -0.05) is 5.16 Å². The van der Waals surface area contributed by atoms with Gasteiger partial charge in [-0.25, -0.2) is 0 Å². The molecule has 0 fully saturated rings. The third-order valence-electron chi connectivity index (χ3n) is 2.53. The highest BCUT2D eigenvalue weighted by atomic mass is 127. The van der Waals surface area contributed by atoms with Gasteiger partial charge in [0.2, 0.25) is 0 Å². The molecule has 0 aliphatic heterocycles. The van der Waals surface area contributed by atoms with Gasteiger partial charge < -0.3 is 39.0 Å². The molecule has 1 heterocycles. The maximum atomic E-state index is 11.8. The van der Waals surface area contributed by atoms with Crippen LogP contribution in [0.15, 0.2) is 23.5 Å². The summed E-state index contributed by atoms with van der Waals surface area (Å²) in [4.78, 5) is 15.8. The summed E-state index contributed by atoms with van der Waals surface area (Å²) >= 11 is 0. The number of amides is 1. The normalized spacial score (nSPS) is 11.2. The summed E-state index contributed by atoms with van der Waals surface area (Å²) in [5.74, 6) is -0.138. The third-order valence-corrected chi connectivity index (χ3v) is 2.53. The number of nitrogens with zero attached hydrogens (tertiary/aromatic N) is 3. The number of halogens is 1. The molecule has 0 aliphatic rings. The fourth-order valence-electron chi connectivity index (χ4n) is 1.53. The molecule has 0 saturated heterocycles. The molecule has 1 aromatic rings. The average Bonchev–Trinajstić information content (AvgIpc) is 2.34. The van der Waals surface area contributed by atoms with Gasteiger partial charge in [-0.2, -0.15) is 0 Å². The van der Waals surface area contributed by atoms with E-state index in [1.807, 2.05) is 0 Å². The summed E-state index contributed by atoms with van der Waals surface area (Å²) in [5.41, 5.74) is 1.00. The van der Waals surface area contributed by atoms with Gasteiger partial charge in [0.1, 0.15) is 0 Å².